The predicted molar refractivity (Wildman–Crippen MR) is 116 cm³/mol. The van der Waals surface area contributed by atoms with Crippen molar-refractivity contribution in [2.75, 3.05) is 31.6 Å². The van der Waals surface area contributed by atoms with Crippen molar-refractivity contribution in [3.63, 3.8) is 0 Å². The molecule has 7 heteroatoms. The van der Waals surface area contributed by atoms with Gasteiger partial charge in [0.2, 0.25) is 5.91 Å². The number of nitrogens with one attached hydrogen (secondary N) is 1. The molecule has 0 spiro atoms. The number of anilines is 1. The van der Waals surface area contributed by atoms with Gasteiger partial charge in [0.05, 0.1) is 30.0 Å². The molecule has 2 unspecified atom stereocenters. The first kappa shape index (κ1) is 19.1. The van der Waals surface area contributed by atoms with E-state index in [2.05, 4.69) is 44.9 Å². The third-order valence-electron chi connectivity index (χ3n) is 6.40. The van der Waals surface area contributed by atoms with Crippen LogP contribution in [0.2, 0.25) is 0 Å². The molecule has 2 aliphatic rings. The third kappa shape index (κ3) is 3.43. The first-order valence-corrected chi connectivity index (χ1v) is 10.7. The number of fused-ring (bicyclic) bond motifs is 1. The van der Waals surface area contributed by atoms with E-state index in [0.29, 0.717) is 6.54 Å². The highest BCUT2D eigenvalue weighted by atomic mass is 16.2. The van der Waals surface area contributed by atoms with Gasteiger partial charge in [-0.15, -0.1) is 0 Å². The molecule has 30 heavy (non-hydrogen) atoms. The highest BCUT2D eigenvalue weighted by Crippen LogP contribution is 2.33. The summed E-state index contributed by atoms with van der Waals surface area (Å²) < 4.78 is 2.13. The minimum absolute atomic E-state index is 0.154. The maximum absolute atomic E-state index is 12.2. The second-order valence-corrected chi connectivity index (χ2v) is 8.42. The quantitative estimate of drug-likeness (QED) is 0.727. The Morgan fingerprint density at radius 2 is 1.97 bits per heavy atom. The summed E-state index contributed by atoms with van der Waals surface area (Å²) in [6.45, 7) is 4.11. The fourth-order valence-electron chi connectivity index (χ4n) is 4.64. The predicted octanol–water partition coefficient (Wildman–Crippen LogP) is 2.87. The van der Waals surface area contributed by atoms with Gasteiger partial charge in [-0.3, -0.25) is 14.2 Å². The molecular formula is C23H28N6O. The summed E-state index contributed by atoms with van der Waals surface area (Å²) in [5.41, 5.74) is 4.35. The van der Waals surface area contributed by atoms with Gasteiger partial charge in [-0.2, -0.15) is 0 Å². The molecule has 5 heterocycles. The molecular weight excluding hydrogens is 376 g/mol. The molecule has 0 aliphatic carbocycles. The summed E-state index contributed by atoms with van der Waals surface area (Å²) >= 11 is 0. The molecule has 0 saturated carbocycles. The van der Waals surface area contributed by atoms with Crippen LogP contribution in [0.15, 0.2) is 42.7 Å². The van der Waals surface area contributed by atoms with Crippen LogP contribution >= 0.6 is 0 Å². The Morgan fingerprint density at radius 3 is 2.80 bits per heavy atom. The van der Waals surface area contributed by atoms with Crippen molar-refractivity contribution in [1.29, 1.82) is 0 Å². The van der Waals surface area contributed by atoms with Crippen molar-refractivity contribution in [1.82, 2.24) is 24.6 Å². The van der Waals surface area contributed by atoms with Gasteiger partial charge in [-0.05, 0) is 49.9 Å². The summed E-state index contributed by atoms with van der Waals surface area (Å²) in [6, 6.07) is 10.7. The number of likely N-dealkylation sites (N-methyl/N-ethyl adjacent to an activating group) is 1. The van der Waals surface area contributed by atoms with Crippen LogP contribution < -0.4 is 10.2 Å². The summed E-state index contributed by atoms with van der Waals surface area (Å²) in [4.78, 5) is 25.7. The number of aryl methyl sites for hydroxylation is 1. The van der Waals surface area contributed by atoms with E-state index in [1.807, 2.05) is 31.4 Å². The topological polar surface area (TPSA) is 65.8 Å². The van der Waals surface area contributed by atoms with Gasteiger partial charge in [-0.1, -0.05) is 12.1 Å². The van der Waals surface area contributed by atoms with Gasteiger partial charge in [0, 0.05) is 32.5 Å². The maximum atomic E-state index is 12.2. The molecule has 156 valence electrons. The number of rotatable bonds is 3. The fourth-order valence-corrected chi connectivity index (χ4v) is 4.64. The zero-order valence-corrected chi connectivity index (χ0v) is 17.6. The van der Waals surface area contributed by atoms with Crippen LogP contribution in [0, 0.1) is 6.92 Å². The van der Waals surface area contributed by atoms with Crippen LogP contribution in [0.25, 0.3) is 5.65 Å². The van der Waals surface area contributed by atoms with Gasteiger partial charge in [0.1, 0.15) is 11.5 Å². The molecule has 7 nitrogen and oxygen atoms in total. The molecule has 3 aromatic rings. The minimum Gasteiger partial charge on any atom is -0.347 e. The average Bonchev–Trinajstić information content (AvgIpc) is 3.21. The second-order valence-electron chi connectivity index (χ2n) is 8.42. The van der Waals surface area contributed by atoms with Crippen LogP contribution in [-0.2, 0) is 4.79 Å². The van der Waals surface area contributed by atoms with Gasteiger partial charge in [0.25, 0.3) is 0 Å². The normalized spacial score (nSPS) is 22.7. The van der Waals surface area contributed by atoms with Crippen LogP contribution in [-0.4, -0.2) is 51.9 Å². The Morgan fingerprint density at radius 1 is 1.10 bits per heavy atom. The van der Waals surface area contributed by atoms with E-state index < -0.39 is 0 Å². The molecule has 3 aromatic heterocycles. The number of hydrogen-bond donors (Lipinski definition) is 1. The largest absolute Gasteiger partial charge is 0.347 e. The van der Waals surface area contributed by atoms with Gasteiger partial charge < -0.3 is 15.1 Å². The first-order chi connectivity index (χ1) is 14.6. The Bertz CT molecular complexity index is 1080. The number of piperazine rings is 1. The smallest absolute Gasteiger partial charge is 0.241 e. The van der Waals surface area contributed by atoms with Crippen molar-refractivity contribution in [2.45, 2.75) is 38.3 Å². The second kappa shape index (κ2) is 7.72. The monoisotopic (exact) mass is 404 g/mol. The standard InChI is InChI=1S/C23H28N6O/c1-16-6-5-11-24-23(16)18-8-3-7-17(25-18)19-14-29-20(26-19)9-4-10-21(29)28-13-12-27(2)22(30)15-28/h4-6,9-11,14,17-18,25H,3,7-8,12-13,15H2,1-2H3. The van der Waals surface area contributed by atoms with Crippen LogP contribution in [0.3, 0.4) is 0 Å². The van der Waals surface area contributed by atoms with Crippen LogP contribution in [0.1, 0.15) is 48.3 Å². The summed E-state index contributed by atoms with van der Waals surface area (Å²) in [5, 5.41) is 3.79. The average molecular weight is 405 g/mol. The molecule has 2 fully saturated rings. The van der Waals surface area contributed by atoms with E-state index in [9.17, 15) is 4.79 Å². The molecule has 1 N–H and O–H groups in total. The number of pyridine rings is 2. The van der Waals surface area contributed by atoms with E-state index >= 15 is 0 Å². The lowest BCUT2D eigenvalue weighted by atomic mass is 9.93. The summed E-state index contributed by atoms with van der Waals surface area (Å²) in [7, 11) is 1.87. The Kier molecular flexibility index (Phi) is 4.90. The Labute approximate surface area is 176 Å². The number of aromatic nitrogens is 3. The van der Waals surface area contributed by atoms with Crippen molar-refractivity contribution >= 4 is 17.4 Å². The summed E-state index contributed by atoms with van der Waals surface area (Å²) in [6.07, 6.45) is 7.32. The molecule has 0 aromatic carbocycles. The van der Waals surface area contributed by atoms with Crippen LogP contribution in [0.4, 0.5) is 5.82 Å². The Balaban J connectivity index is 1.43. The van der Waals surface area contributed by atoms with E-state index in [4.69, 9.17) is 4.98 Å². The number of imidazole rings is 1. The molecule has 0 radical (unpaired) electrons. The van der Waals surface area contributed by atoms with E-state index in [1.54, 1.807) is 4.90 Å². The number of piperidine rings is 1. The van der Waals surface area contributed by atoms with E-state index in [0.717, 1.165) is 55.2 Å². The third-order valence-corrected chi connectivity index (χ3v) is 6.40. The highest BCUT2D eigenvalue weighted by molar-refractivity contribution is 5.82. The van der Waals surface area contributed by atoms with Crippen molar-refractivity contribution < 1.29 is 4.79 Å². The number of carbonyl (C=O) groups is 1. The number of amides is 1. The van der Waals surface area contributed by atoms with E-state index in [1.165, 1.54) is 5.56 Å². The molecule has 2 saturated heterocycles. The maximum Gasteiger partial charge on any atom is 0.241 e. The Hall–Kier alpha value is -2.93. The first-order valence-electron chi connectivity index (χ1n) is 10.7. The van der Waals surface area contributed by atoms with Gasteiger partial charge in [-0.25, -0.2) is 4.98 Å². The lowest BCUT2D eigenvalue weighted by Crippen LogP contribution is -2.49. The molecule has 1 amide bonds. The van der Waals surface area contributed by atoms with Gasteiger partial charge in [0.15, 0.2) is 0 Å². The summed E-state index contributed by atoms with van der Waals surface area (Å²) in [5.74, 6) is 1.18. The lowest BCUT2D eigenvalue weighted by molar-refractivity contribution is -0.129. The molecule has 2 aliphatic heterocycles. The van der Waals surface area contributed by atoms with Crippen molar-refractivity contribution in [3.05, 3.63) is 59.7 Å². The number of carbonyl (C=O) groups excluding carboxylic acids is 1. The minimum atomic E-state index is 0.154. The SMILES string of the molecule is Cc1cccnc1C1CCCC(c2cn3c(N4CCN(C)C(=O)C4)cccc3n2)N1. The number of nitrogens with zero attached hydrogens (tertiary/aromatic N) is 5. The van der Waals surface area contributed by atoms with Crippen molar-refractivity contribution in [3.8, 4) is 0 Å². The molecule has 0 bridgehead atoms. The molecule has 5 rings (SSSR count). The zero-order valence-electron chi connectivity index (χ0n) is 17.6. The molecule has 2 atom stereocenters. The zero-order chi connectivity index (χ0) is 20.7. The highest BCUT2D eigenvalue weighted by Gasteiger charge is 2.28. The van der Waals surface area contributed by atoms with Crippen LogP contribution in [0.5, 0.6) is 0 Å². The van der Waals surface area contributed by atoms with Crippen molar-refractivity contribution in [2.24, 2.45) is 0 Å². The lowest BCUT2D eigenvalue weighted by Gasteiger charge is -2.33. The number of hydrogen-bond acceptors (Lipinski definition) is 5. The fraction of sp³-hybridized carbons (Fsp3) is 0.435. The van der Waals surface area contributed by atoms with Gasteiger partial charge >= 0.3 is 0 Å². The van der Waals surface area contributed by atoms with E-state index in [-0.39, 0.29) is 18.0 Å².